The van der Waals surface area contributed by atoms with E-state index in [9.17, 15) is 4.79 Å². The van der Waals surface area contributed by atoms with Crippen molar-refractivity contribution in [1.82, 2.24) is 4.98 Å². The number of pyridine rings is 1. The lowest BCUT2D eigenvalue weighted by Crippen LogP contribution is -2.06. The summed E-state index contributed by atoms with van der Waals surface area (Å²) in [6, 6.07) is 8.25. The van der Waals surface area contributed by atoms with Gasteiger partial charge in [0, 0.05) is 11.6 Å². The third-order valence-electron chi connectivity index (χ3n) is 2.95. The van der Waals surface area contributed by atoms with Crippen LogP contribution in [0.4, 0.5) is 0 Å². The van der Waals surface area contributed by atoms with Crippen molar-refractivity contribution >= 4 is 16.6 Å². The Labute approximate surface area is 95.3 Å². The molecule has 82 valence electrons. The van der Waals surface area contributed by atoms with E-state index in [1.165, 1.54) is 5.56 Å². The molecule has 0 fully saturated rings. The normalized spacial score (nSPS) is 12.7. The van der Waals surface area contributed by atoms with E-state index in [-0.39, 0.29) is 11.7 Å². The zero-order chi connectivity index (χ0) is 11.7. The monoisotopic (exact) mass is 213 g/mol. The zero-order valence-electron chi connectivity index (χ0n) is 9.82. The number of Topliss-reactive ketones (excluding diaryl/α,β-unsaturated/α-hetero) is 1. The average Bonchev–Trinajstić information content (AvgIpc) is 2.26. The first-order chi connectivity index (χ1) is 7.58. The molecule has 0 amide bonds. The van der Waals surface area contributed by atoms with E-state index in [2.05, 4.69) is 30.1 Å². The first-order valence-electron chi connectivity index (χ1n) is 5.44. The van der Waals surface area contributed by atoms with Gasteiger partial charge < -0.3 is 0 Å². The highest BCUT2D eigenvalue weighted by Gasteiger charge is 2.12. The number of nitrogens with zero attached hydrogens (tertiary/aromatic N) is 1. The van der Waals surface area contributed by atoms with Crippen molar-refractivity contribution in [1.29, 1.82) is 0 Å². The Balaban J connectivity index is 2.54. The van der Waals surface area contributed by atoms with Gasteiger partial charge in [-0.3, -0.25) is 9.78 Å². The summed E-state index contributed by atoms with van der Waals surface area (Å²) in [5, 5.41) is 2.27. The third-order valence-corrected chi connectivity index (χ3v) is 2.95. The fraction of sp³-hybridized carbons (Fsp3) is 0.286. The van der Waals surface area contributed by atoms with Gasteiger partial charge in [-0.2, -0.15) is 0 Å². The summed E-state index contributed by atoms with van der Waals surface area (Å²) in [5.74, 6) is 0.0319. The molecule has 2 aromatic rings. The van der Waals surface area contributed by atoms with E-state index in [1.807, 2.05) is 19.2 Å². The predicted octanol–water partition coefficient (Wildman–Crippen LogP) is 3.24. The van der Waals surface area contributed by atoms with Crippen LogP contribution in [0.15, 0.2) is 30.5 Å². The molecule has 1 unspecified atom stereocenters. The van der Waals surface area contributed by atoms with Crippen molar-refractivity contribution in [2.45, 2.75) is 26.7 Å². The number of aryl methyl sites for hydroxylation is 1. The molecule has 0 saturated carbocycles. The van der Waals surface area contributed by atoms with Crippen LogP contribution in [0.25, 0.3) is 10.8 Å². The lowest BCUT2D eigenvalue weighted by atomic mass is 10.0. The van der Waals surface area contributed by atoms with Crippen LogP contribution in [0.5, 0.6) is 0 Å². The van der Waals surface area contributed by atoms with Gasteiger partial charge >= 0.3 is 0 Å². The fourth-order valence-corrected chi connectivity index (χ4v) is 1.72. The van der Waals surface area contributed by atoms with Crippen molar-refractivity contribution < 1.29 is 4.79 Å². The van der Waals surface area contributed by atoms with E-state index < -0.39 is 0 Å². The van der Waals surface area contributed by atoms with E-state index in [1.54, 1.807) is 6.92 Å². The number of hydrogen-bond acceptors (Lipinski definition) is 2. The zero-order valence-corrected chi connectivity index (χ0v) is 9.82. The minimum Gasteiger partial charge on any atom is -0.299 e. The summed E-state index contributed by atoms with van der Waals surface area (Å²) in [7, 11) is 0. The lowest BCUT2D eigenvalue weighted by Gasteiger charge is -2.08. The van der Waals surface area contributed by atoms with Crippen LogP contribution in [0.2, 0.25) is 0 Å². The average molecular weight is 213 g/mol. The molecule has 0 radical (unpaired) electrons. The highest BCUT2D eigenvalue weighted by Crippen LogP contribution is 2.20. The summed E-state index contributed by atoms with van der Waals surface area (Å²) < 4.78 is 0. The third kappa shape index (κ3) is 1.96. The summed E-state index contributed by atoms with van der Waals surface area (Å²) >= 11 is 0. The van der Waals surface area contributed by atoms with Crippen molar-refractivity contribution in [3.05, 3.63) is 41.7 Å². The van der Waals surface area contributed by atoms with E-state index in [4.69, 9.17) is 0 Å². The quantitative estimate of drug-likeness (QED) is 0.766. The molecular formula is C14H15NO. The van der Waals surface area contributed by atoms with Crippen LogP contribution in [-0.2, 0) is 4.79 Å². The molecule has 0 aliphatic rings. The standard InChI is InChI=1S/C14H15NO/c1-9-4-5-12-8-15-14(7-13(12)6-9)10(2)11(3)16/h4-8,10H,1-3H3. The Bertz CT molecular complexity index is 545. The van der Waals surface area contributed by atoms with Gasteiger partial charge in [0.05, 0.1) is 11.6 Å². The molecule has 16 heavy (non-hydrogen) atoms. The maximum absolute atomic E-state index is 11.3. The number of aromatic nitrogens is 1. The first-order valence-corrected chi connectivity index (χ1v) is 5.44. The minimum atomic E-state index is -0.120. The second-order valence-corrected chi connectivity index (χ2v) is 4.29. The molecule has 0 spiro atoms. The van der Waals surface area contributed by atoms with Crippen LogP contribution in [0.3, 0.4) is 0 Å². The van der Waals surface area contributed by atoms with Crippen molar-refractivity contribution in [2.24, 2.45) is 0 Å². The number of benzene rings is 1. The Morgan fingerprint density at radius 3 is 2.69 bits per heavy atom. The van der Waals surface area contributed by atoms with Crippen LogP contribution in [0.1, 0.15) is 31.0 Å². The lowest BCUT2D eigenvalue weighted by molar-refractivity contribution is -0.118. The molecule has 0 aliphatic carbocycles. The number of carbonyl (C=O) groups excluding carboxylic acids is 1. The number of ketones is 1. The van der Waals surface area contributed by atoms with Gasteiger partial charge in [-0.1, -0.05) is 23.8 Å². The summed E-state index contributed by atoms with van der Waals surface area (Å²) in [6.45, 7) is 5.56. The van der Waals surface area contributed by atoms with Crippen LogP contribution >= 0.6 is 0 Å². The predicted molar refractivity (Wildman–Crippen MR) is 65.6 cm³/mol. The molecule has 2 rings (SSSR count). The van der Waals surface area contributed by atoms with Gasteiger partial charge in [0.15, 0.2) is 0 Å². The molecule has 0 bridgehead atoms. The van der Waals surface area contributed by atoms with Crippen LogP contribution in [0, 0.1) is 6.92 Å². The van der Waals surface area contributed by atoms with Crippen molar-refractivity contribution in [3.8, 4) is 0 Å². The van der Waals surface area contributed by atoms with Crippen molar-refractivity contribution in [3.63, 3.8) is 0 Å². The number of rotatable bonds is 2. The number of hydrogen-bond donors (Lipinski definition) is 0. The van der Waals surface area contributed by atoms with Gasteiger partial charge in [0.2, 0.25) is 0 Å². The van der Waals surface area contributed by atoms with Gasteiger partial charge in [-0.25, -0.2) is 0 Å². The topological polar surface area (TPSA) is 30.0 Å². The fourth-order valence-electron chi connectivity index (χ4n) is 1.72. The molecule has 1 heterocycles. The summed E-state index contributed by atoms with van der Waals surface area (Å²) in [4.78, 5) is 15.6. The Kier molecular flexibility index (Phi) is 2.73. The Morgan fingerprint density at radius 2 is 2.00 bits per heavy atom. The second-order valence-electron chi connectivity index (χ2n) is 4.29. The molecule has 0 aliphatic heterocycles. The maximum Gasteiger partial charge on any atom is 0.138 e. The number of fused-ring (bicyclic) bond motifs is 1. The molecule has 2 nitrogen and oxygen atoms in total. The Morgan fingerprint density at radius 1 is 1.25 bits per heavy atom. The minimum absolute atomic E-state index is 0.120. The van der Waals surface area contributed by atoms with E-state index >= 15 is 0 Å². The molecular weight excluding hydrogens is 198 g/mol. The van der Waals surface area contributed by atoms with Crippen LogP contribution in [-0.4, -0.2) is 10.8 Å². The van der Waals surface area contributed by atoms with Gasteiger partial charge in [0.25, 0.3) is 0 Å². The number of carbonyl (C=O) groups is 1. The summed E-state index contributed by atoms with van der Waals surface area (Å²) in [6.07, 6.45) is 1.84. The first kappa shape index (κ1) is 10.8. The molecule has 1 aromatic heterocycles. The molecule has 0 saturated heterocycles. The Hall–Kier alpha value is -1.70. The summed E-state index contributed by atoms with van der Waals surface area (Å²) in [5.41, 5.74) is 2.07. The second kappa shape index (κ2) is 4.05. The highest BCUT2D eigenvalue weighted by molar-refractivity contribution is 5.86. The van der Waals surface area contributed by atoms with Gasteiger partial charge in [-0.15, -0.1) is 0 Å². The van der Waals surface area contributed by atoms with E-state index in [0.717, 1.165) is 16.5 Å². The largest absolute Gasteiger partial charge is 0.299 e. The maximum atomic E-state index is 11.3. The van der Waals surface area contributed by atoms with E-state index in [0.29, 0.717) is 0 Å². The molecule has 1 atom stereocenters. The van der Waals surface area contributed by atoms with Crippen molar-refractivity contribution in [2.75, 3.05) is 0 Å². The van der Waals surface area contributed by atoms with Gasteiger partial charge in [0.1, 0.15) is 5.78 Å². The van der Waals surface area contributed by atoms with Gasteiger partial charge in [-0.05, 0) is 32.2 Å². The molecule has 2 heteroatoms. The highest BCUT2D eigenvalue weighted by atomic mass is 16.1. The molecule has 0 N–H and O–H groups in total. The SMILES string of the molecule is CC(=O)C(C)c1cc2cc(C)ccc2cn1. The molecule has 1 aromatic carbocycles. The van der Waals surface area contributed by atoms with Crippen LogP contribution < -0.4 is 0 Å². The smallest absolute Gasteiger partial charge is 0.138 e.